The van der Waals surface area contributed by atoms with Crippen molar-refractivity contribution in [1.82, 2.24) is 24.3 Å². The number of benzene rings is 1. The van der Waals surface area contributed by atoms with E-state index in [-0.39, 0.29) is 24.2 Å². The molecule has 4 aromatic rings. The molecule has 7 nitrogen and oxygen atoms in total. The van der Waals surface area contributed by atoms with Gasteiger partial charge in [0.15, 0.2) is 0 Å². The van der Waals surface area contributed by atoms with Gasteiger partial charge in [0, 0.05) is 16.5 Å². The van der Waals surface area contributed by atoms with Crippen LogP contribution in [0, 0.1) is 11.6 Å². The molecule has 10 heteroatoms. The zero-order valence-electron chi connectivity index (χ0n) is 17.2. The molecule has 1 N–H and O–H groups in total. The van der Waals surface area contributed by atoms with Crippen LogP contribution in [0.2, 0.25) is 0 Å². The molecular weight excluding hydrogens is 436 g/mol. The number of fused-ring (bicyclic) bond motifs is 3. The van der Waals surface area contributed by atoms with E-state index in [4.69, 9.17) is 0 Å². The number of aliphatic hydroxyl groups is 1. The molecule has 3 aromatic heterocycles. The monoisotopic (exact) mass is 457 g/mol. The molecule has 0 saturated heterocycles. The number of thiophene rings is 1. The Kier molecular flexibility index (Phi) is 5.34. The predicted octanol–water partition coefficient (Wildman–Crippen LogP) is 3.18. The smallest absolute Gasteiger partial charge is 0.262 e. The second-order valence-electron chi connectivity index (χ2n) is 8.17. The van der Waals surface area contributed by atoms with Crippen molar-refractivity contribution in [2.75, 3.05) is 0 Å². The van der Waals surface area contributed by atoms with Gasteiger partial charge in [-0.15, -0.1) is 11.3 Å². The minimum atomic E-state index is -1.89. The number of hydrogen-bond donors (Lipinski definition) is 1. The van der Waals surface area contributed by atoms with E-state index in [0.29, 0.717) is 16.3 Å². The lowest BCUT2D eigenvalue weighted by Gasteiger charge is -2.29. The number of aromatic nitrogens is 5. The molecule has 0 bridgehead atoms. The molecule has 5 rings (SSSR count). The fourth-order valence-electron chi connectivity index (χ4n) is 4.42. The number of aryl methyl sites for hydroxylation is 2. The molecule has 0 amide bonds. The van der Waals surface area contributed by atoms with Crippen LogP contribution >= 0.6 is 11.3 Å². The van der Waals surface area contributed by atoms with Crippen molar-refractivity contribution < 1.29 is 13.9 Å². The normalized spacial score (nSPS) is 16.0. The fourth-order valence-corrected chi connectivity index (χ4v) is 5.64. The van der Waals surface area contributed by atoms with Gasteiger partial charge in [-0.2, -0.15) is 5.10 Å². The van der Waals surface area contributed by atoms with Gasteiger partial charge in [0.2, 0.25) is 0 Å². The lowest BCUT2D eigenvalue weighted by molar-refractivity contribution is -0.00641. The summed E-state index contributed by atoms with van der Waals surface area (Å²) in [6.07, 6.45) is 9.06. The summed E-state index contributed by atoms with van der Waals surface area (Å²) in [7, 11) is 0. The maximum Gasteiger partial charge on any atom is 0.262 e. The molecule has 32 heavy (non-hydrogen) atoms. The molecule has 0 aliphatic heterocycles. The van der Waals surface area contributed by atoms with Crippen LogP contribution in [0.5, 0.6) is 0 Å². The van der Waals surface area contributed by atoms with Gasteiger partial charge < -0.3 is 5.11 Å². The van der Waals surface area contributed by atoms with Crippen molar-refractivity contribution in [3.05, 3.63) is 75.2 Å². The highest BCUT2D eigenvalue weighted by Gasteiger charge is 2.35. The predicted molar refractivity (Wildman–Crippen MR) is 115 cm³/mol. The maximum absolute atomic E-state index is 14.7. The standard InChI is InChI=1S/C22H21F2N5O2S/c23-14-6-7-16(17(24)8-14)22(31,10-29-12-25-11-27-29)9-28-13-26-20-19(21(28)30)15-4-2-1-3-5-18(15)32-20/h6-8,11-13,31H,1-5,9-10H2. The Labute approximate surface area is 186 Å². The molecule has 1 aliphatic carbocycles. The summed E-state index contributed by atoms with van der Waals surface area (Å²) >= 11 is 1.55. The Bertz CT molecular complexity index is 1330. The van der Waals surface area contributed by atoms with Gasteiger partial charge in [-0.1, -0.05) is 12.5 Å². The van der Waals surface area contributed by atoms with Gasteiger partial charge in [-0.25, -0.2) is 23.4 Å². The van der Waals surface area contributed by atoms with Gasteiger partial charge in [-0.3, -0.25) is 9.36 Å². The van der Waals surface area contributed by atoms with E-state index in [1.54, 1.807) is 11.3 Å². The minimum Gasteiger partial charge on any atom is -0.381 e. The van der Waals surface area contributed by atoms with Crippen molar-refractivity contribution in [2.24, 2.45) is 0 Å². The largest absolute Gasteiger partial charge is 0.381 e. The van der Waals surface area contributed by atoms with E-state index < -0.39 is 17.2 Å². The van der Waals surface area contributed by atoms with E-state index in [9.17, 15) is 18.7 Å². The lowest BCUT2D eigenvalue weighted by Crippen LogP contribution is -2.40. The summed E-state index contributed by atoms with van der Waals surface area (Å²) in [6, 6.07) is 2.98. The highest BCUT2D eigenvalue weighted by Crippen LogP contribution is 2.33. The summed E-state index contributed by atoms with van der Waals surface area (Å²) in [5, 5.41) is 16.2. The van der Waals surface area contributed by atoms with E-state index >= 15 is 0 Å². The van der Waals surface area contributed by atoms with Crippen LogP contribution in [0.1, 0.15) is 35.3 Å². The number of nitrogens with zero attached hydrogens (tertiary/aromatic N) is 5. The van der Waals surface area contributed by atoms with Crippen LogP contribution in [0.25, 0.3) is 10.2 Å². The molecule has 1 atom stereocenters. The van der Waals surface area contributed by atoms with Gasteiger partial charge in [0.05, 0.1) is 24.8 Å². The summed E-state index contributed by atoms with van der Waals surface area (Å²) in [5.74, 6) is -1.66. The van der Waals surface area contributed by atoms with Gasteiger partial charge in [0.25, 0.3) is 5.56 Å². The second-order valence-corrected chi connectivity index (χ2v) is 9.25. The molecule has 3 heterocycles. The summed E-state index contributed by atoms with van der Waals surface area (Å²) in [6.45, 7) is -0.455. The molecule has 1 aromatic carbocycles. The fraction of sp³-hybridized carbons (Fsp3) is 0.364. The molecule has 0 radical (unpaired) electrons. The first kappa shape index (κ1) is 20.9. The summed E-state index contributed by atoms with van der Waals surface area (Å²) < 4.78 is 30.9. The highest BCUT2D eigenvalue weighted by atomic mass is 32.1. The quantitative estimate of drug-likeness (QED) is 0.465. The Hall–Kier alpha value is -2.98. The van der Waals surface area contributed by atoms with Gasteiger partial charge >= 0.3 is 0 Å². The van der Waals surface area contributed by atoms with Gasteiger partial charge in [0.1, 0.15) is 34.7 Å². The van der Waals surface area contributed by atoms with Crippen LogP contribution < -0.4 is 5.56 Å². The first-order valence-corrected chi connectivity index (χ1v) is 11.3. The SMILES string of the molecule is O=c1c2c3c(sc2ncn1CC(O)(Cn1cncn1)c1ccc(F)cc1F)CCCCC3. The van der Waals surface area contributed by atoms with Crippen LogP contribution in [0.15, 0.2) is 42.0 Å². The molecule has 0 saturated carbocycles. The van der Waals surface area contributed by atoms with Gasteiger partial charge in [-0.05, 0) is 37.3 Å². The first-order chi connectivity index (χ1) is 15.4. The van der Waals surface area contributed by atoms with Crippen LogP contribution in [-0.4, -0.2) is 29.4 Å². The Morgan fingerprint density at radius 2 is 1.97 bits per heavy atom. The van der Waals surface area contributed by atoms with Crippen LogP contribution in [0.3, 0.4) is 0 Å². The van der Waals surface area contributed by atoms with Crippen LogP contribution in [-0.2, 0) is 31.5 Å². The average Bonchev–Trinajstić information content (AvgIpc) is 3.32. The second kappa shape index (κ2) is 8.18. The minimum absolute atomic E-state index is 0.134. The Balaban J connectivity index is 1.61. The van der Waals surface area contributed by atoms with Crippen molar-refractivity contribution in [3.8, 4) is 0 Å². The molecule has 166 valence electrons. The highest BCUT2D eigenvalue weighted by molar-refractivity contribution is 7.18. The summed E-state index contributed by atoms with van der Waals surface area (Å²) in [4.78, 5) is 23.7. The number of halogens is 2. The number of hydrogen-bond acceptors (Lipinski definition) is 6. The van der Waals surface area contributed by atoms with E-state index in [1.165, 1.54) is 39.2 Å². The zero-order valence-corrected chi connectivity index (χ0v) is 18.0. The number of rotatable bonds is 5. The lowest BCUT2D eigenvalue weighted by atomic mass is 9.92. The van der Waals surface area contributed by atoms with Crippen molar-refractivity contribution >= 4 is 21.6 Å². The third kappa shape index (κ3) is 3.73. The topological polar surface area (TPSA) is 85.8 Å². The van der Waals surface area contributed by atoms with E-state index in [1.807, 2.05) is 0 Å². The summed E-state index contributed by atoms with van der Waals surface area (Å²) in [5.41, 5.74) is -1.25. The van der Waals surface area contributed by atoms with Crippen molar-refractivity contribution in [1.29, 1.82) is 0 Å². The Morgan fingerprint density at radius 3 is 2.75 bits per heavy atom. The van der Waals surface area contributed by atoms with Crippen LogP contribution in [0.4, 0.5) is 8.78 Å². The van der Waals surface area contributed by atoms with E-state index in [0.717, 1.165) is 43.7 Å². The van der Waals surface area contributed by atoms with E-state index in [2.05, 4.69) is 15.1 Å². The molecule has 1 aliphatic rings. The Morgan fingerprint density at radius 1 is 1.12 bits per heavy atom. The first-order valence-electron chi connectivity index (χ1n) is 10.4. The third-order valence-electron chi connectivity index (χ3n) is 5.95. The molecule has 1 unspecified atom stereocenters. The third-order valence-corrected chi connectivity index (χ3v) is 7.15. The average molecular weight is 458 g/mol. The molecule has 0 fully saturated rings. The van der Waals surface area contributed by atoms with Crippen molar-refractivity contribution in [3.63, 3.8) is 0 Å². The van der Waals surface area contributed by atoms with Crippen molar-refractivity contribution in [2.45, 2.75) is 50.8 Å². The molecule has 0 spiro atoms. The zero-order chi connectivity index (χ0) is 22.3. The molecular formula is C22H21F2N5O2S. The maximum atomic E-state index is 14.7.